The number of aromatic amines is 1. The van der Waals surface area contributed by atoms with E-state index < -0.39 is 11.2 Å². The molecule has 0 atom stereocenters. The van der Waals surface area contributed by atoms with Crippen molar-refractivity contribution >= 4 is 23.3 Å². The summed E-state index contributed by atoms with van der Waals surface area (Å²) in [5.74, 6) is 0.470. The maximum Gasteiger partial charge on any atom is 0.329 e. The number of fused-ring (bicyclic) bond motifs is 1. The van der Waals surface area contributed by atoms with E-state index in [4.69, 9.17) is 0 Å². The normalized spacial score (nSPS) is 11.5. The minimum Gasteiger partial charge on any atom is -0.507 e. The molecule has 3 N–H and O–H groups in total. The number of aromatic nitrogens is 4. The zero-order chi connectivity index (χ0) is 19.4. The third-order valence-electron chi connectivity index (χ3n) is 4.30. The second-order valence-corrected chi connectivity index (χ2v) is 6.21. The molecular weight excluding hydrogens is 348 g/mol. The van der Waals surface area contributed by atoms with Crippen molar-refractivity contribution in [2.75, 3.05) is 5.43 Å². The highest BCUT2D eigenvalue weighted by Crippen LogP contribution is 2.17. The average molecular weight is 370 g/mol. The van der Waals surface area contributed by atoms with Crippen LogP contribution >= 0.6 is 0 Å². The van der Waals surface area contributed by atoms with Gasteiger partial charge in [0.05, 0.1) is 6.21 Å². The molecule has 142 valence electrons. The number of benzene rings is 1. The number of nitrogens with one attached hydrogen (secondary N) is 2. The topological polar surface area (TPSA) is 117 Å². The van der Waals surface area contributed by atoms with Gasteiger partial charge >= 0.3 is 5.69 Å². The van der Waals surface area contributed by atoms with Gasteiger partial charge in [-0.3, -0.25) is 14.3 Å². The Balaban J connectivity index is 2.00. The minimum absolute atomic E-state index is 0.110. The summed E-state index contributed by atoms with van der Waals surface area (Å²) in [4.78, 5) is 30.9. The highest BCUT2D eigenvalue weighted by molar-refractivity contribution is 5.83. The predicted octanol–water partition coefficient (Wildman–Crippen LogP) is 1.77. The molecule has 0 radical (unpaired) electrons. The van der Waals surface area contributed by atoms with Crippen LogP contribution in [-0.2, 0) is 13.6 Å². The van der Waals surface area contributed by atoms with Gasteiger partial charge in [-0.25, -0.2) is 10.2 Å². The van der Waals surface area contributed by atoms with Crippen LogP contribution in [0.1, 0.15) is 31.7 Å². The van der Waals surface area contributed by atoms with Crippen LogP contribution in [0.5, 0.6) is 5.75 Å². The second kappa shape index (κ2) is 7.90. The third-order valence-corrected chi connectivity index (χ3v) is 4.30. The summed E-state index contributed by atoms with van der Waals surface area (Å²) >= 11 is 0. The fourth-order valence-corrected chi connectivity index (χ4v) is 2.81. The Hall–Kier alpha value is -3.36. The number of hydrogen-bond donors (Lipinski definition) is 3. The zero-order valence-electron chi connectivity index (χ0n) is 15.3. The molecule has 0 spiro atoms. The predicted molar refractivity (Wildman–Crippen MR) is 104 cm³/mol. The Morgan fingerprint density at radius 3 is 2.81 bits per heavy atom. The minimum atomic E-state index is -0.519. The van der Waals surface area contributed by atoms with Crippen LogP contribution in [0.2, 0.25) is 0 Å². The Kier molecular flexibility index (Phi) is 5.39. The van der Waals surface area contributed by atoms with Gasteiger partial charge in [-0.1, -0.05) is 31.9 Å². The summed E-state index contributed by atoms with van der Waals surface area (Å²) in [6.07, 6.45) is 4.37. The first kappa shape index (κ1) is 18.4. The van der Waals surface area contributed by atoms with Gasteiger partial charge in [-0.15, -0.1) is 0 Å². The SMILES string of the molecule is CCCCCn1c(N/N=C/c2ccccc2O)nc2c1c(=O)[nH]c(=O)n2C. The Labute approximate surface area is 155 Å². The van der Waals surface area contributed by atoms with Crippen molar-refractivity contribution in [3.05, 3.63) is 50.7 Å². The van der Waals surface area contributed by atoms with Crippen molar-refractivity contribution in [3.8, 4) is 5.75 Å². The summed E-state index contributed by atoms with van der Waals surface area (Å²) < 4.78 is 3.02. The fourth-order valence-electron chi connectivity index (χ4n) is 2.81. The van der Waals surface area contributed by atoms with Crippen molar-refractivity contribution < 1.29 is 5.11 Å². The number of para-hydroxylation sites is 1. The van der Waals surface area contributed by atoms with Crippen LogP contribution in [0.15, 0.2) is 39.0 Å². The second-order valence-electron chi connectivity index (χ2n) is 6.21. The summed E-state index contributed by atoms with van der Waals surface area (Å²) in [7, 11) is 1.55. The van der Waals surface area contributed by atoms with E-state index in [2.05, 4.69) is 27.4 Å². The van der Waals surface area contributed by atoms with E-state index in [1.54, 1.807) is 35.9 Å². The van der Waals surface area contributed by atoms with Crippen LogP contribution < -0.4 is 16.7 Å². The molecule has 27 heavy (non-hydrogen) atoms. The lowest BCUT2D eigenvalue weighted by atomic mass is 10.2. The third kappa shape index (κ3) is 3.76. The smallest absolute Gasteiger partial charge is 0.329 e. The molecule has 9 heteroatoms. The number of nitrogens with zero attached hydrogens (tertiary/aromatic N) is 4. The number of hydrogen-bond acceptors (Lipinski definition) is 6. The number of imidazole rings is 1. The molecular formula is C18H22N6O3. The molecule has 0 aliphatic heterocycles. The highest BCUT2D eigenvalue weighted by atomic mass is 16.3. The van der Waals surface area contributed by atoms with Gasteiger partial charge in [0.2, 0.25) is 5.95 Å². The first-order valence-corrected chi connectivity index (χ1v) is 8.79. The van der Waals surface area contributed by atoms with Gasteiger partial charge in [-0.2, -0.15) is 10.1 Å². The molecule has 3 aromatic rings. The first-order chi connectivity index (χ1) is 13.0. The van der Waals surface area contributed by atoms with Gasteiger partial charge in [-0.05, 0) is 18.6 Å². The van der Waals surface area contributed by atoms with Gasteiger partial charge in [0, 0.05) is 19.2 Å². The largest absolute Gasteiger partial charge is 0.507 e. The van der Waals surface area contributed by atoms with E-state index in [1.165, 1.54) is 10.8 Å². The lowest BCUT2D eigenvalue weighted by molar-refractivity contribution is 0.474. The Morgan fingerprint density at radius 2 is 2.07 bits per heavy atom. The van der Waals surface area contributed by atoms with Crippen LogP contribution in [0.4, 0.5) is 5.95 Å². The number of anilines is 1. The molecule has 0 saturated carbocycles. The quantitative estimate of drug-likeness (QED) is 0.333. The lowest BCUT2D eigenvalue weighted by Gasteiger charge is -2.07. The summed E-state index contributed by atoms with van der Waals surface area (Å²) in [5.41, 5.74) is 2.99. The summed E-state index contributed by atoms with van der Waals surface area (Å²) in [5, 5.41) is 13.9. The molecule has 0 aliphatic rings. The molecule has 0 aliphatic carbocycles. The Morgan fingerprint density at radius 1 is 1.30 bits per heavy atom. The van der Waals surface area contributed by atoms with Crippen LogP contribution in [0.25, 0.3) is 11.2 Å². The molecule has 0 fully saturated rings. The number of H-pyrrole nitrogens is 1. The first-order valence-electron chi connectivity index (χ1n) is 8.79. The van der Waals surface area contributed by atoms with E-state index in [0.29, 0.717) is 29.2 Å². The molecule has 0 unspecified atom stereocenters. The lowest BCUT2D eigenvalue weighted by Crippen LogP contribution is -2.29. The number of rotatable bonds is 7. The molecule has 0 saturated heterocycles. The van der Waals surface area contributed by atoms with Crippen molar-refractivity contribution in [3.63, 3.8) is 0 Å². The van der Waals surface area contributed by atoms with Gasteiger partial charge in [0.25, 0.3) is 5.56 Å². The van der Waals surface area contributed by atoms with E-state index >= 15 is 0 Å². The standard InChI is InChI=1S/C18H22N6O3/c1-3-4-7-10-24-14-15(23(2)18(27)21-16(14)26)20-17(24)22-19-11-12-8-5-6-9-13(12)25/h5-6,8-9,11,25H,3-4,7,10H2,1-2H3,(H,20,22)(H,21,26,27)/b19-11+. The molecule has 1 aromatic carbocycles. The highest BCUT2D eigenvalue weighted by Gasteiger charge is 2.16. The van der Waals surface area contributed by atoms with Gasteiger partial charge < -0.3 is 9.67 Å². The van der Waals surface area contributed by atoms with Crippen molar-refractivity contribution in [2.24, 2.45) is 12.1 Å². The number of phenols is 1. The van der Waals surface area contributed by atoms with Crippen LogP contribution in [-0.4, -0.2) is 30.4 Å². The van der Waals surface area contributed by atoms with E-state index in [9.17, 15) is 14.7 Å². The monoisotopic (exact) mass is 370 g/mol. The van der Waals surface area contributed by atoms with E-state index in [0.717, 1.165) is 19.3 Å². The number of aryl methyl sites for hydroxylation is 2. The average Bonchev–Trinajstić information content (AvgIpc) is 3.01. The summed E-state index contributed by atoms with van der Waals surface area (Å²) in [6, 6.07) is 6.80. The number of phenolic OH excluding ortho intramolecular Hbond substituents is 1. The maximum absolute atomic E-state index is 12.3. The summed E-state index contributed by atoms with van der Waals surface area (Å²) in [6.45, 7) is 2.67. The Bertz CT molecular complexity index is 1090. The number of hydrazone groups is 1. The molecule has 9 nitrogen and oxygen atoms in total. The molecule has 0 bridgehead atoms. The molecule has 0 amide bonds. The maximum atomic E-state index is 12.3. The fraction of sp³-hybridized carbons (Fsp3) is 0.333. The molecule has 2 heterocycles. The van der Waals surface area contributed by atoms with Crippen LogP contribution in [0, 0.1) is 0 Å². The van der Waals surface area contributed by atoms with E-state index in [-0.39, 0.29) is 5.75 Å². The van der Waals surface area contributed by atoms with Crippen molar-refractivity contribution in [1.29, 1.82) is 0 Å². The van der Waals surface area contributed by atoms with Gasteiger partial charge in [0.15, 0.2) is 11.2 Å². The molecule has 3 rings (SSSR count). The van der Waals surface area contributed by atoms with Crippen LogP contribution in [0.3, 0.4) is 0 Å². The number of aromatic hydroxyl groups is 1. The van der Waals surface area contributed by atoms with Crippen molar-refractivity contribution in [1.82, 2.24) is 19.1 Å². The molecule has 2 aromatic heterocycles. The van der Waals surface area contributed by atoms with Crippen molar-refractivity contribution in [2.45, 2.75) is 32.7 Å². The van der Waals surface area contributed by atoms with E-state index in [1.807, 2.05) is 0 Å². The van der Waals surface area contributed by atoms with Gasteiger partial charge in [0.1, 0.15) is 5.75 Å². The number of unbranched alkanes of at least 4 members (excludes halogenated alkanes) is 2. The zero-order valence-corrected chi connectivity index (χ0v) is 15.3.